The van der Waals surface area contributed by atoms with E-state index in [4.69, 9.17) is 5.26 Å². The quantitative estimate of drug-likeness (QED) is 0.737. The average Bonchev–Trinajstić information content (AvgIpc) is 2.53. The lowest BCUT2D eigenvalue weighted by Gasteiger charge is -2.28. The third kappa shape index (κ3) is 3.23. The van der Waals surface area contributed by atoms with Crippen LogP contribution >= 0.6 is 0 Å². The van der Waals surface area contributed by atoms with Crippen LogP contribution in [0.1, 0.15) is 50.2 Å². The predicted octanol–water partition coefficient (Wildman–Crippen LogP) is 4.86. The largest absolute Gasteiger partial charge is 0.197 e. The van der Waals surface area contributed by atoms with Crippen LogP contribution in [0.15, 0.2) is 48.1 Å². The van der Waals surface area contributed by atoms with Gasteiger partial charge in [-0.3, -0.25) is 0 Å². The SMILES string of the molecule is CCCCC1(C#N)C=CC(c2ccc(C#N)cc2)C(C)=C1. The third-order valence-electron chi connectivity index (χ3n) is 4.11. The molecule has 0 amide bonds. The molecule has 1 aliphatic rings. The molecule has 0 saturated carbocycles. The smallest absolute Gasteiger partial charge is 0.0991 e. The summed E-state index contributed by atoms with van der Waals surface area (Å²) in [6, 6.07) is 12.3. The lowest BCUT2D eigenvalue weighted by atomic mass is 9.74. The van der Waals surface area contributed by atoms with Gasteiger partial charge < -0.3 is 0 Å². The molecule has 0 N–H and O–H groups in total. The van der Waals surface area contributed by atoms with Gasteiger partial charge in [-0.05, 0) is 31.0 Å². The van der Waals surface area contributed by atoms with Crippen molar-refractivity contribution >= 4 is 0 Å². The van der Waals surface area contributed by atoms with Gasteiger partial charge in [-0.15, -0.1) is 0 Å². The van der Waals surface area contributed by atoms with Crippen molar-refractivity contribution in [2.45, 2.75) is 39.0 Å². The molecule has 0 spiro atoms. The van der Waals surface area contributed by atoms with Gasteiger partial charge in [-0.2, -0.15) is 10.5 Å². The molecule has 2 atom stereocenters. The minimum atomic E-state index is -0.441. The van der Waals surface area contributed by atoms with Crippen LogP contribution in [-0.2, 0) is 0 Å². The van der Waals surface area contributed by atoms with Crippen LogP contribution < -0.4 is 0 Å². The molecular formula is C19H20N2. The molecule has 0 bridgehead atoms. The molecule has 1 aliphatic carbocycles. The molecule has 0 heterocycles. The second-order valence-corrected chi connectivity index (χ2v) is 5.71. The summed E-state index contributed by atoms with van der Waals surface area (Å²) < 4.78 is 0. The van der Waals surface area contributed by atoms with Crippen LogP contribution in [0.4, 0.5) is 0 Å². The topological polar surface area (TPSA) is 47.6 Å². The summed E-state index contributed by atoms with van der Waals surface area (Å²) in [5.41, 5.74) is 2.61. The summed E-state index contributed by atoms with van der Waals surface area (Å²) in [5.74, 6) is 0.209. The van der Waals surface area contributed by atoms with E-state index in [-0.39, 0.29) is 5.92 Å². The zero-order chi connectivity index (χ0) is 15.3. The Hall–Kier alpha value is -2.32. The molecular weight excluding hydrogens is 256 g/mol. The van der Waals surface area contributed by atoms with Gasteiger partial charge >= 0.3 is 0 Å². The van der Waals surface area contributed by atoms with Crippen LogP contribution in [0.3, 0.4) is 0 Å². The van der Waals surface area contributed by atoms with Crippen molar-refractivity contribution in [1.82, 2.24) is 0 Å². The van der Waals surface area contributed by atoms with E-state index in [1.807, 2.05) is 24.3 Å². The lowest BCUT2D eigenvalue weighted by Crippen LogP contribution is -2.18. The highest BCUT2D eigenvalue weighted by molar-refractivity contribution is 5.43. The number of allylic oxidation sites excluding steroid dienone is 4. The van der Waals surface area contributed by atoms with Crippen molar-refractivity contribution < 1.29 is 0 Å². The van der Waals surface area contributed by atoms with E-state index in [0.29, 0.717) is 5.56 Å². The van der Waals surface area contributed by atoms with Crippen LogP contribution in [-0.4, -0.2) is 0 Å². The van der Waals surface area contributed by atoms with Gasteiger partial charge in [0, 0.05) is 5.92 Å². The summed E-state index contributed by atoms with van der Waals surface area (Å²) >= 11 is 0. The molecule has 2 nitrogen and oxygen atoms in total. The van der Waals surface area contributed by atoms with Gasteiger partial charge in [0.05, 0.1) is 23.1 Å². The van der Waals surface area contributed by atoms with E-state index < -0.39 is 5.41 Å². The Kier molecular flexibility index (Phi) is 4.61. The van der Waals surface area contributed by atoms with Gasteiger partial charge in [0.15, 0.2) is 0 Å². The van der Waals surface area contributed by atoms with Gasteiger partial charge in [0.2, 0.25) is 0 Å². The van der Waals surface area contributed by atoms with Gasteiger partial charge in [0.25, 0.3) is 0 Å². The summed E-state index contributed by atoms with van der Waals surface area (Å²) in [4.78, 5) is 0. The number of nitriles is 2. The normalized spacial score (nSPS) is 24.0. The van der Waals surface area contributed by atoms with E-state index in [1.165, 1.54) is 11.1 Å². The van der Waals surface area contributed by atoms with Crippen molar-refractivity contribution in [2.75, 3.05) is 0 Å². The van der Waals surface area contributed by atoms with Crippen LogP contribution in [0, 0.1) is 28.1 Å². The summed E-state index contributed by atoms with van der Waals surface area (Å²) in [7, 11) is 0. The maximum absolute atomic E-state index is 9.53. The molecule has 1 aromatic carbocycles. The second-order valence-electron chi connectivity index (χ2n) is 5.71. The number of hydrogen-bond acceptors (Lipinski definition) is 2. The van der Waals surface area contributed by atoms with E-state index in [2.05, 4.69) is 44.2 Å². The van der Waals surface area contributed by atoms with E-state index in [1.54, 1.807) is 0 Å². The molecule has 1 aromatic rings. The van der Waals surface area contributed by atoms with Gasteiger partial charge in [0.1, 0.15) is 0 Å². The average molecular weight is 276 g/mol. The fourth-order valence-electron chi connectivity index (χ4n) is 2.85. The molecule has 2 rings (SSSR count). The first-order chi connectivity index (χ1) is 10.1. The lowest BCUT2D eigenvalue weighted by molar-refractivity contribution is 0.527. The van der Waals surface area contributed by atoms with E-state index >= 15 is 0 Å². The first-order valence-electron chi connectivity index (χ1n) is 7.44. The standard InChI is InChI=1S/C19H20N2/c1-3-4-10-19(14-21)11-9-18(15(2)12-19)17-7-5-16(13-20)6-8-17/h5-9,11-12,18H,3-4,10H2,1-2H3. The molecule has 2 heteroatoms. The maximum Gasteiger partial charge on any atom is 0.0991 e. The van der Waals surface area contributed by atoms with Crippen LogP contribution in [0.2, 0.25) is 0 Å². The summed E-state index contributed by atoms with van der Waals surface area (Å²) in [6.07, 6.45) is 9.35. The third-order valence-corrected chi connectivity index (χ3v) is 4.11. The van der Waals surface area contributed by atoms with Crippen LogP contribution in [0.25, 0.3) is 0 Å². The van der Waals surface area contributed by atoms with E-state index in [0.717, 1.165) is 19.3 Å². The molecule has 0 radical (unpaired) electrons. The first kappa shape index (κ1) is 15.1. The number of hydrogen-bond donors (Lipinski definition) is 0. The molecule has 0 aliphatic heterocycles. The highest BCUT2D eigenvalue weighted by atomic mass is 14.4. The zero-order valence-electron chi connectivity index (χ0n) is 12.6. The number of benzene rings is 1. The number of rotatable bonds is 4. The van der Waals surface area contributed by atoms with Gasteiger partial charge in [-0.25, -0.2) is 0 Å². The Morgan fingerprint density at radius 2 is 1.90 bits per heavy atom. The molecule has 0 fully saturated rings. The van der Waals surface area contributed by atoms with E-state index in [9.17, 15) is 5.26 Å². The molecule has 2 unspecified atom stereocenters. The number of nitrogens with zero attached hydrogens (tertiary/aromatic N) is 2. The van der Waals surface area contributed by atoms with Crippen molar-refractivity contribution in [1.29, 1.82) is 10.5 Å². The number of unbranched alkanes of at least 4 members (excludes halogenated alkanes) is 1. The molecule has 0 saturated heterocycles. The summed E-state index contributed by atoms with van der Waals surface area (Å²) in [6.45, 7) is 4.23. The Balaban J connectivity index is 2.25. The Morgan fingerprint density at radius 1 is 1.19 bits per heavy atom. The van der Waals surface area contributed by atoms with Crippen molar-refractivity contribution in [3.05, 3.63) is 59.2 Å². The first-order valence-corrected chi connectivity index (χ1v) is 7.44. The van der Waals surface area contributed by atoms with Crippen LogP contribution in [0.5, 0.6) is 0 Å². The monoisotopic (exact) mass is 276 g/mol. The highest BCUT2D eigenvalue weighted by Crippen LogP contribution is 2.39. The minimum absolute atomic E-state index is 0.209. The molecule has 21 heavy (non-hydrogen) atoms. The van der Waals surface area contributed by atoms with Crippen molar-refractivity contribution in [3.63, 3.8) is 0 Å². The molecule has 106 valence electrons. The van der Waals surface area contributed by atoms with Crippen molar-refractivity contribution in [2.24, 2.45) is 5.41 Å². The predicted molar refractivity (Wildman–Crippen MR) is 84.4 cm³/mol. The molecule has 0 aromatic heterocycles. The fourth-order valence-corrected chi connectivity index (χ4v) is 2.85. The fraction of sp³-hybridized carbons (Fsp3) is 0.368. The Labute approximate surface area is 127 Å². The van der Waals surface area contributed by atoms with Crippen molar-refractivity contribution in [3.8, 4) is 12.1 Å². The zero-order valence-corrected chi connectivity index (χ0v) is 12.6. The van der Waals surface area contributed by atoms with Gasteiger partial charge in [-0.1, -0.05) is 55.7 Å². The minimum Gasteiger partial charge on any atom is -0.197 e. The second kappa shape index (κ2) is 6.42. The Morgan fingerprint density at radius 3 is 2.43 bits per heavy atom. The maximum atomic E-state index is 9.53. The highest BCUT2D eigenvalue weighted by Gasteiger charge is 2.29. The summed E-state index contributed by atoms with van der Waals surface area (Å²) in [5, 5.41) is 18.4. The Bertz CT molecular complexity index is 638.